The van der Waals surface area contributed by atoms with Gasteiger partial charge in [-0.25, -0.2) is 9.97 Å². The number of aromatic nitrogens is 3. The average Bonchev–Trinajstić information content (AvgIpc) is 3.08. The molecular weight excluding hydrogens is 314 g/mol. The summed E-state index contributed by atoms with van der Waals surface area (Å²) < 4.78 is 5.80. The molecule has 122 valence electrons. The lowest BCUT2D eigenvalue weighted by Gasteiger charge is -2.32. The fraction of sp³-hybridized carbons (Fsp3) is 0.467. The summed E-state index contributed by atoms with van der Waals surface area (Å²) in [5, 5.41) is 0. The van der Waals surface area contributed by atoms with Crippen molar-refractivity contribution in [3.63, 3.8) is 0 Å². The van der Waals surface area contributed by atoms with E-state index in [-0.39, 0.29) is 12.0 Å². The molecule has 2 aromatic rings. The van der Waals surface area contributed by atoms with Crippen LogP contribution >= 0.6 is 11.3 Å². The lowest BCUT2D eigenvalue weighted by molar-refractivity contribution is -0.138. The van der Waals surface area contributed by atoms with E-state index in [0.717, 1.165) is 10.6 Å². The van der Waals surface area contributed by atoms with Gasteiger partial charge in [-0.2, -0.15) is 0 Å². The highest BCUT2D eigenvalue weighted by Crippen LogP contribution is 2.22. The Hall–Kier alpha value is -2.06. The monoisotopic (exact) mass is 333 g/mol. The van der Waals surface area contributed by atoms with Gasteiger partial charge in [0.2, 0.25) is 11.9 Å². The van der Waals surface area contributed by atoms with Gasteiger partial charge in [0.1, 0.15) is 6.10 Å². The van der Waals surface area contributed by atoms with Crippen LogP contribution in [0.4, 0.5) is 5.95 Å². The normalized spacial score (nSPS) is 18.0. The minimum atomic E-state index is -0.212. The number of nitrogens with zero attached hydrogens (tertiary/aromatic N) is 5. The zero-order valence-electron chi connectivity index (χ0n) is 13.2. The van der Waals surface area contributed by atoms with Crippen molar-refractivity contribution in [1.82, 2.24) is 19.9 Å². The number of amides is 1. The van der Waals surface area contributed by atoms with Gasteiger partial charge < -0.3 is 14.5 Å². The van der Waals surface area contributed by atoms with Crippen LogP contribution in [0.2, 0.25) is 0 Å². The quantitative estimate of drug-likeness (QED) is 0.836. The van der Waals surface area contributed by atoms with Gasteiger partial charge in [-0.3, -0.25) is 9.78 Å². The molecule has 0 bridgehead atoms. The van der Waals surface area contributed by atoms with E-state index < -0.39 is 0 Å². The molecule has 7 nitrogen and oxygen atoms in total. The molecule has 3 rings (SSSR count). The second-order valence-electron chi connectivity index (χ2n) is 5.52. The van der Waals surface area contributed by atoms with E-state index in [1.807, 2.05) is 30.0 Å². The maximum absolute atomic E-state index is 12.4. The molecule has 0 radical (unpaired) electrons. The first-order valence-electron chi connectivity index (χ1n) is 7.40. The molecule has 1 saturated heterocycles. The first kappa shape index (κ1) is 15.8. The molecule has 8 heteroatoms. The van der Waals surface area contributed by atoms with Crippen LogP contribution in [-0.2, 0) is 16.0 Å². The van der Waals surface area contributed by atoms with Gasteiger partial charge in [0.15, 0.2) is 0 Å². The lowest BCUT2D eigenvalue weighted by atomic mass is 10.2. The number of ether oxygens (including phenoxy) is 1. The smallest absolute Gasteiger partial charge is 0.228 e. The highest BCUT2D eigenvalue weighted by atomic mass is 32.1. The number of hydrogen-bond acceptors (Lipinski definition) is 7. The van der Waals surface area contributed by atoms with E-state index in [4.69, 9.17) is 4.74 Å². The summed E-state index contributed by atoms with van der Waals surface area (Å²) >= 11 is 1.50. The first-order chi connectivity index (χ1) is 11.1. The van der Waals surface area contributed by atoms with Crippen LogP contribution in [0.15, 0.2) is 24.0 Å². The summed E-state index contributed by atoms with van der Waals surface area (Å²) in [4.78, 5) is 29.8. The van der Waals surface area contributed by atoms with Crippen LogP contribution in [0, 0.1) is 0 Å². The number of hydrogen-bond donors (Lipinski definition) is 0. The minimum absolute atomic E-state index is 0.101. The van der Waals surface area contributed by atoms with Crippen molar-refractivity contribution < 1.29 is 9.53 Å². The molecule has 23 heavy (non-hydrogen) atoms. The Bertz CT molecular complexity index is 662. The molecule has 2 aromatic heterocycles. The molecule has 3 heterocycles. The molecule has 1 aliphatic heterocycles. The maximum atomic E-state index is 12.4. The summed E-state index contributed by atoms with van der Waals surface area (Å²) in [5.41, 5.74) is 2.55. The third kappa shape index (κ3) is 3.83. The fourth-order valence-electron chi connectivity index (χ4n) is 2.40. The standard InChI is InChI=1S/C15H19N5O2S/c1-19(2)15-17-4-3-12(18-15)13-9-20(5-6-22-13)14(21)7-11-8-16-10-23-11/h3-4,8,10,13H,5-7,9H2,1-2H3. The molecule has 1 aliphatic rings. The number of morpholine rings is 1. The van der Waals surface area contributed by atoms with Gasteiger partial charge in [0.05, 0.1) is 30.8 Å². The lowest BCUT2D eigenvalue weighted by Crippen LogP contribution is -2.43. The first-order valence-corrected chi connectivity index (χ1v) is 8.28. The Kier molecular flexibility index (Phi) is 4.82. The number of rotatable bonds is 4. The summed E-state index contributed by atoms with van der Waals surface area (Å²) in [6.45, 7) is 1.64. The van der Waals surface area contributed by atoms with Crippen molar-refractivity contribution in [2.24, 2.45) is 0 Å². The van der Waals surface area contributed by atoms with Crippen LogP contribution in [-0.4, -0.2) is 59.6 Å². The van der Waals surface area contributed by atoms with Crippen molar-refractivity contribution in [1.29, 1.82) is 0 Å². The molecule has 0 aliphatic carbocycles. The molecule has 0 aromatic carbocycles. The van der Waals surface area contributed by atoms with Crippen molar-refractivity contribution in [2.75, 3.05) is 38.7 Å². The molecule has 0 saturated carbocycles. The molecule has 1 amide bonds. The van der Waals surface area contributed by atoms with Crippen LogP contribution in [0.3, 0.4) is 0 Å². The van der Waals surface area contributed by atoms with Gasteiger partial charge in [-0.15, -0.1) is 11.3 Å². The van der Waals surface area contributed by atoms with Crippen molar-refractivity contribution in [2.45, 2.75) is 12.5 Å². The van der Waals surface area contributed by atoms with Gasteiger partial charge >= 0.3 is 0 Å². The summed E-state index contributed by atoms with van der Waals surface area (Å²) in [6.07, 6.45) is 3.65. The Labute approximate surface area is 138 Å². The van der Waals surface area contributed by atoms with E-state index >= 15 is 0 Å². The zero-order valence-corrected chi connectivity index (χ0v) is 14.0. The topological polar surface area (TPSA) is 71.5 Å². The van der Waals surface area contributed by atoms with Crippen molar-refractivity contribution in [3.8, 4) is 0 Å². The second-order valence-corrected chi connectivity index (χ2v) is 6.49. The van der Waals surface area contributed by atoms with E-state index in [1.54, 1.807) is 17.9 Å². The van der Waals surface area contributed by atoms with Gasteiger partial charge in [-0.05, 0) is 6.07 Å². The van der Waals surface area contributed by atoms with E-state index in [9.17, 15) is 4.79 Å². The maximum Gasteiger partial charge on any atom is 0.228 e. The van der Waals surface area contributed by atoms with Gasteiger partial charge in [0.25, 0.3) is 0 Å². The molecule has 1 atom stereocenters. The van der Waals surface area contributed by atoms with Crippen LogP contribution in [0.1, 0.15) is 16.7 Å². The van der Waals surface area contributed by atoms with Crippen LogP contribution < -0.4 is 4.90 Å². The van der Waals surface area contributed by atoms with Crippen LogP contribution in [0.25, 0.3) is 0 Å². The second kappa shape index (κ2) is 7.01. The van der Waals surface area contributed by atoms with E-state index in [2.05, 4.69) is 15.0 Å². The van der Waals surface area contributed by atoms with Crippen molar-refractivity contribution >= 4 is 23.2 Å². The van der Waals surface area contributed by atoms with Crippen molar-refractivity contribution in [3.05, 3.63) is 34.5 Å². The Balaban J connectivity index is 1.68. The Morgan fingerprint density at radius 1 is 1.52 bits per heavy atom. The predicted molar refractivity (Wildman–Crippen MR) is 87.5 cm³/mol. The molecule has 1 unspecified atom stereocenters. The molecule has 0 spiro atoms. The van der Waals surface area contributed by atoms with Gasteiger partial charge in [0, 0.05) is 37.9 Å². The highest BCUT2D eigenvalue weighted by molar-refractivity contribution is 7.09. The highest BCUT2D eigenvalue weighted by Gasteiger charge is 2.26. The Morgan fingerprint density at radius 3 is 3.13 bits per heavy atom. The largest absolute Gasteiger partial charge is 0.368 e. The van der Waals surface area contributed by atoms with E-state index in [1.165, 1.54) is 11.3 Å². The molecular formula is C15H19N5O2S. The summed E-state index contributed by atoms with van der Waals surface area (Å²) in [5.74, 6) is 0.739. The SMILES string of the molecule is CN(C)c1nccc(C2CN(C(=O)Cc3cncs3)CCO2)n1. The molecule has 1 fully saturated rings. The minimum Gasteiger partial charge on any atom is -0.368 e. The number of thiazole rings is 1. The number of carbonyl (C=O) groups is 1. The number of carbonyl (C=O) groups excluding carboxylic acids is 1. The third-order valence-electron chi connectivity index (χ3n) is 3.62. The average molecular weight is 333 g/mol. The summed E-state index contributed by atoms with van der Waals surface area (Å²) in [6, 6.07) is 1.84. The fourth-order valence-corrected chi connectivity index (χ4v) is 2.99. The van der Waals surface area contributed by atoms with Crippen LogP contribution in [0.5, 0.6) is 0 Å². The third-order valence-corrected chi connectivity index (χ3v) is 4.40. The Morgan fingerprint density at radius 2 is 2.39 bits per heavy atom. The van der Waals surface area contributed by atoms with E-state index in [0.29, 0.717) is 32.1 Å². The molecule has 0 N–H and O–H groups in total. The van der Waals surface area contributed by atoms with Gasteiger partial charge in [-0.1, -0.05) is 0 Å². The predicted octanol–water partition coefficient (Wildman–Crippen LogP) is 1.14. The summed E-state index contributed by atoms with van der Waals surface area (Å²) in [7, 11) is 3.79. The zero-order chi connectivity index (χ0) is 16.2. The number of anilines is 1.